The van der Waals surface area contributed by atoms with E-state index < -0.39 is 5.60 Å². The second-order valence-corrected chi connectivity index (χ2v) is 10.3. The first-order valence-electron chi connectivity index (χ1n) is 12.4. The molecule has 186 valence electrons. The van der Waals surface area contributed by atoms with Crippen LogP contribution in [-0.2, 0) is 22.4 Å². The molecule has 2 aliphatic rings. The van der Waals surface area contributed by atoms with Gasteiger partial charge in [0.15, 0.2) is 0 Å². The highest BCUT2D eigenvalue weighted by atomic mass is 16.6. The van der Waals surface area contributed by atoms with Crippen LogP contribution in [0.3, 0.4) is 0 Å². The van der Waals surface area contributed by atoms with E-state index in [2.05, 4.69) is 30.4 Å². The average molecular weight is 478 g/mol. The van der Waals surface area contributed by atoms with Crippen LogP contribution in [0.2, 0.25) is 0 Å². The summed E-state index contributed by atoms with van der Waals surface area (Å²) in [6.45, 7) is 9.04. The molecule has 7 heteroatoms. The van der Waals surface area contributed by atoms with Gasteiger partial charge in [0.1, 0.15) is 5.60 Å². The van der Waals surface area contributed by atoms with E-state index in [1.54, 1.807) is 16.8 Å². The molecule has 0 unspecified atom stereocenters. The van der Waals surface area contributed by atoms with Gasteiger partial charge in [0.2, 0.25) is 5.91 Å². The van der Waals surface area contributed by atoms with Crippen LogP contribution in [0.1, 0.15) is 55.6 Å². The maximum Gasteiger partial charge on any atom is 0.410 e. The van der Waals surface area contributed by atoms with Crippen molar-refractivity contribution >= 4 is 23.6 Å². The molecule has 1 fully saturated rings. The van der Waals surface area contributed by atoms with Gasteiger partial charge >= 0.3 is 6.09 Å². The molecule has 0 spiro atoms. The van der Waals surface area contributed by atoms with E-state index >= 15 is 0 Å². The monoisotopic (exact) mass is 477 g/mol. The van der Waals surface area contributed by atoms with Crippen LogP contribution in [0.4, 0.5) is 10.5 Å². The van der Waals surface area contributed by atoms with E-state index in [-0.39, 0.29) is 23.8 Å². The molecular weight excluding hydrogens is 442 g/mol. The van der Waals surface area contributed by atoms with Gasteiger partial charge in [-0.15, -0.1) is 0 Å². The first kappa shape index (κ1) is 24.8. The molecule has 0 aliphatic carbocycles. The van der Waals surface area contributed by atoms with E-state index in [4.69, 9.17) is 4.74 Å². The number of likely N-dealkylation sites (tertiary alicyclic amines) is 1. The summed E-state index contributed by atoms with van der Waals surface area (Å²) in [4.78, 5) is 42.1. The first-order valence-corrected chi connectivity index (χ1v) is 12.4. The number of hydrogen-bond donors (Lipinski definition) is 1. The number of rotatable bonds is 4. The molecule has 0 radical (unpaired) electrons. The zero-order chi connectivity index (χ0) is 25.3. The Balaban J connectivity index is 1.63. The van der Waals surface area contributed by atoms with Crippen molar-refractivity contribution in [2.45, 2.75) is 52.6 Å². The molecule has 1 atom stereocenters. The van der Waals surface area contributed by atoms with Gasteiger partial charge in [0.25, 0.3) is 5.91 Å². The fraction of sp³-hybridized carbons (Fsp3) is 0.464. The van der Waals surface area contributed by atoms with Crippen molar-refractivity contribution in [2.75, 3.05) is 31.6 Å². The molecule has 35 heavy (non-hydrogen) atoms. The summed E-state index contributed by atoms with van der Waals surface area (Å²) in [5.74, 6) is -0.474. The van der Waals surface area contributed by atoms with Crippen molar-refractivity contribution in [1.29, 1.82) is 0 Å². The maximum absolute atomic E-state index is 13.6. The number of anilines is 1. The Hall–Kier alpha value is -3.35. The Labute approximate surface area is 207 Å². The van der Waals surface area contributed by atoms with Gasteiger partial charge in [-0.25, -0.2) is 4.79 Å². The summed E-state index contributed by atoms with van der Waals surface area (Å²) < 4.78 is 5.49. The van der Waals surface area contributed by atoms with Crippen LogP contribution < -0.4 is 10.2 Å². The smallest absolute Gasteiger partial charge is 0.410 e. The minimum atomic E-state index is -0.575. The number of aryl methyl sites for hydroxylation is 1. The van der Waals surface area contributed by atoms with Crippen molar-refractivity contribution in [3.63, 3.8) is 0 Å². The lowest BCUT2D eigenvalue weighted by atomic mass is 9.93. The molecule has 2 heterocycles. The topological polar surface area (TPSA) is 79.0 Å². The third-order valence-corrected chi connectivity index (χ3v) is 6.69. The molecule has 0 bridgehead atoms. The van der Waals surface area contributed by atoms with E-state index in [1.165, 1.54) is 5.56 Å². The molecule has 1 saturated heterocycles. The predicted molar refractivity (Wildman–Crippen MR) is 137 cm³/mol. The van der Waals surface area contributed by atoms with Gasteiger partial charge in [0, 0.05) is 37.9 Å². The number of ether oxygens (including phenoxy) is 1. The van der Waals surface area contributed by atoms with Gasteiger partial charge in [-0.1, -0.05) is 31.2 Å². The van der Waals surface area contributed by atoms with Crippen LogP contribution in [-0.4, -0.2) is 55.1 Å². The van der Waals surface area contributed by atoms with E-state index in [9.17, 15) is 14.4 Å². The fourth-order valence-corrected chi connectivity index (χ4v) is 4.90. The van der Waals surface area contributed by atoms with Crippen LogP contribution in [0.15, 0.2) is 36.4 Å². The number of nitrogens with one attached hydrogen (secondary N) is 1. The third kappa shape index (κ3) is 5.19. The Morgan fingerprint density at radius 3 is 2.57 bits per heavy atom. The molecule has 4 rings (SSSR count). The number of hydrogen-bond acceptors (Lipinski definition) is 4. The molecule has 2 aromatic rings. The fourth-order valence-electron chi connectivity index (χ4n) is 4.90. The van der Waals surface area contributed by atoms with Gasteiger partial charge in [-0.3, -0.25) is 9.59 Å². The van der Waals surface area contributed by atoms with Crippen LogP contribution in [0.25, 0.3) is 11.1 Å². The minimum absolute atomic E-state index is 0.00266. The standard InChI is InChI=1S/C28H35N3O4/c1-6-18-8-7-9-19(14-18)23-15-21(25(32)29-5)16-24-22(23)11-13-31(24)26(33)20-10-12-30(17-20)27(34)35-28(2,3)4/h7-9,14-16,20H,6,10-13,17H2,1-5H3,(H,29,32)/t20-/m1/s1. The highest BCUT2D eigenvalue weighted by Gasteiger charge is 2.38. The summed E-state index contributed by atoms with van der Waals surface area (Å²) in [6.07, 6.45) is 1.87. The lowest BCUT2D eigenvalue weighted by molar-refractivity contribution is -0.121. The van der Waals surface area contributed by atoms with Crippen molar-refractivity contribution in [2.24, 2.45) is 5.92 Å². The van der Waals surface area contributed by atoms with Gasteiger partial charge < -0.3 is 19.9 Å². The zero-order valence-corrected chi connectivity index (χ0v) is 21.3. The van der Waals surface area contributed by atoms with Crippen molar-refractivity contribution < 1.29 is 19.1 Å². The number of amides is 3. The minimum Gasteiger partial charge on any atom is -0.444 e. The van der Waals surface area contributed by atoms with Gasteiger partial charge in [0.05, 0.1) is 5.92 Å². The van der Waals surface area contributed by atoms with Crippen LogP contribution >= 0.6 is 0 Å². The average Bonchev–Trinajstić information content (AvgIpc) is 3.49. The molecule has 0 saturated carbocycles. The Morgan fingerprint density at radius 2 is 1.89 bits per heavy atom. The molecule has 2 aromatic carbocycles. The highest BCUT2D eigenvalue weighted by molar-refractivity contribution is 6.03. The molecule has 1 N–H and O–H groups in total. The predicted octanol–water partition coefficient (Wildman–Crippen LogP) is 4.42. The number of carbonyl (C=O) groups excluding carboxylic acids is 3. The zero-order valence-electron chi connectivity index (χ0n) is 21.3. The summed E-state index contributed by atoms with van der Waals surface area (Å²) in [5.41, 5.74) is 5.11. The second-order valence-electron chi connectivity index (χ2n) is 10.3. The number of benzene rings is 2. The van der Waals surface area contributed by atoms with E-state index in [0.29, 0.717) is 31.6 Å². The van der Waals surface area contributed by atoms with E-state index in [0.717, 1.165) is 35.2 Å². The number of carbonyl (C=O) groups is 3. The quantitative estimate of drug-likeness (QED) is 0.707. The Morgan fingerprint density at radius 1 is 1.11 bits per heavy atom. The van der Waals surface area contributed by atoms with Gasteiger partial charge in [-0.05, 0) is 74.4 Å². The Bertz CT molecular complexity index is 1150. The molecule has 7 nitrogen and oxygen atoms in total. The van der Waals surface area contributed by atoms with Crippen molar-refractivity contribution in [3.8, 4) is 11.1 Å². The molecular formula is C28H35N3O4. The SMILES string of the molecule is CCc1cccc(-c2cc(C(=O)NC)cc3c2CCN3C(=O)[C@@H]2CCN(C(=O)OC(C)(C)C)C2)c1. The normalized spacial score (nSPS) is 17.3. The summed E-state index contributed by atoms with van der Waals surface area (Å²) in [5, 5.41) is 2.71. The van der Waals surface area contributed by atoms with Crippen molar-refractivity contribution in [1.82, 2.24) is 10.2 Å². The summed E-state index contributed by atoms with van der Waals surface area (Å²) in [7, 11) is 1.61. The molecule has 0 aromatic heterocycles. The summed E-state index contributed by atoms with van der Waals surface area (Å²) >= 11 is 0. The van der Waals surface area contributed by atoms with Crippen LogP contribution in [0.5, 0.6) is 0 Å². The highest BCUT2D eigenvalue weighted by Crippen LogP contribution is 2.39. The van der Waals surface area contributed by atoms with Crippen LogP contribution in [0, 0.1) is 5.92 Å². The first-order chi connectivity index (χ1) is 16.6. The number of nitrogens with zero attached hydrogens (tertiary/aromatic N) is 2. The maximum atomic E-state index is 13.6. The second kappa shape index (κ2) is 9.72. The third-order valence-electron chi connectivity index (χ3n) is 6.69. The van der Waals surface area contributed by atoms with Gasteiger partial charge in [-0.2, -0.15) is 0 Å². The summed E-state index contributed by atoms with van der Waals surface area (Å²) in [6, 6.07) is 12.1. The largest absolute Gasteiger partial charge is 0.444 e. The van der Waals surface area contributed by atoms with Crippen molar-refractivity contribution in [3.05, 3.63) is 53.1 Å². The molecule has 3 amide bonds. The Kier molecular flexibility index (Phi) is 6.88. The van der Waals surface area contributed by atoms with E-state index in [1.807, 2.05) is 39.0 Å². The molecule has 2 aliphatic heterocycles. The lowest BCUT2D eigenvalue weighted by Gasteiger charge is -2.25. The number of fused-ring (bicyclic) bond motifs is 1. The lowest BCUT2D eigenvalue weighted by Crippen LogP contribution is -2.39.